The van der Waals surface area contributed by atoms with E-state index in [1.807, 2.05) is 18.2 Å². The summed E-state index contributed by atoms with van der Waals surface area (Å²) < 4.78 is 22.1. The van der Waals surface area contributed by atoms with Crippen molar-refractivity contribution in [2.24, 2.45) is 11.1 Å². The highest BCUT2D eigenvalue weighted by Gasteiger charge is 2.16. The first kappa shape index (κ1) is 16.0. The number of nitrogens with two attached hydrogens (primary N) is 1. The van der Waals surface area contributed by atoms with Crippen LogP contribution in [0.25, 0.3) is 0 Å². The highest BCUT2D eigenvalue weighted by atomic mass is 32.2. The van der Waals surface area contributed by atoms with Gasteiger partial charge < -0.3 is 5.32 Å². The molecule has 0 saturated heterocycles. The van der Waals surface area contributed by atoms with Crippen molar-refractivity contribution in [1.82, 2.24) is 0 Å². The van der Waals surface area contributed by atoms with Gasteiger partial charge in [0.2, 0.25) is 10.0 Å². The van der Waals surface area contributed by atoms with E-state index in [4.69, 9.17) is 5.14 Å². The van der Waals surface area contributed by atoms with Gasteiger partial charge in [-0.2, -0.15) is 0 Å². The lowest BCUT2D eigenvalue weighted by Crippen LogP contribution is -2.16. The topological polar surface area (TPSA) is 72.2 Å². The van der Waals surface area contributed by atoms with Crippen molar-refractivity contribution in [3.63, 3.8) is 0 Å². The summed E-state index contributed by atoms with van der Waals surface area (Å²) in [4.78, 5) is 1.29. The number of nitrogens with one attached hydrogen (secondary N) is 1. The lowest BCUT2D eigenvalue weighted by atomic mass is 10.0. The second kappa shape index (κ2) is 6.60. The molecule has 1 unspecified atom stereocenters. The summed E-state index contributed by atoms with van der Waals surface area (Å²) >= 11 is 1.73. The molecule has 3 N–H and O–H groups in total. The number of rotatable bonds is 6. The Bertz CT molecular complexity index is 662. The van der Waals surface area contributed by atoms with E-state index in [0.29, 0.717) is 11.5 Å². The molecule has 0 spiro atoms. The number of benzene rings is 1. The highest BCUT2D eigenvalue weighted by molar-refractivity contribution is 7.88. The van der Waals surface area contributed by atoms with Crippen LogP contribution >= 0.6 is 11.3 Å². The van der Waals surface area contributed by atoms with Gasteiger partial charge in [-0.25, -0.2) is 13.6 Å². The van der Waals surface area contributed by atoms with E-state index >= 15 is 0 Å². The molecule has 21 heavy (non-hydrogen) atoms. The Balaban J connectivity index is 2.11. The predicted octanol–water partition coefficient (Wildman–Crippen LogP) is 3.35. The van der Waals surface area contributed by atoms with Crippen LogP contribution in [0.2, 0.25) is 0 Å². The fourth-order valence-corrected chi connectivity index (χ4v) is 3.75. The minimum Gasteiger partial charge on any atom is -0.377 e. The fraction of sp³-hybridized carbons (Fsp3) is 0.333. The average molecular weight is 324 g/mol. The van der Waals surface area contributed by atoms with Crippen molar-refractivity contribution >= 4 is 27.0 Å². The van der Waals surface area contributed by atoms with Gasteiger partial charge in [0.1, 0.15) is 0 Å². The molecule has 1 atom stereocenters. The largest absolute Gasteiger partial charge is 0.377 e. The van der Waals surface area contributed by atoms with E-state index in [2.05, 4.69) is 30.6 Å². The quantitative estimate of drug-likeness (QED) is 0.856. The van der Waals surface area contributed by atoms with Crippen molar-refractivity contribution in [2.45, 2.75) is 25.6 Å². The Morgan fingerprint density at radius 2 is 1.86 bits per heavy atom. The number of thiophene rings is 1. The Morgan fingerprint density at radius 1 is 1.19 bits per heavy atom. The molecule has 0 amide bonds. The Morgan fingerprint density at radius 3 is 2.33 bits per heavy atom. The lowest BCUT2D eigenvalue weighted by molar-refractivity contribution is 0.554. The van der Waals surface area contributed by atoms with Gasteiger partial charge in [-0.1, -0.05) is 32.0 Å². The molecule has 1 aromatic carbocycles. The molecule has 0 aliphatic rings. The Hall–Kier alpha value is -1.37. The van der Waals surface area contributed by atoms with Gasteiger partial charge in [0.15, 0.2) is 0 Å². The van der Waals surface area contributed by atoms with E-state index in [1.165, 1.54) is 4.88 Å². The maximum absolute atomic E-state index is 11.1. The van der Waals surface area contributed by atoms with Crippen molar-refractivity contribution in [3.05, 3.63) is 52.2 Å². The van der Waals surface area contributed by atoms with Crippen LogP contribution < -0.4 is 10.5 Å². The van der Waals surface area contributed by atoms with Crippen LogP contribution in [0.3, 0.4) is 0 Å². The molecule has 0 radical (unpaired) electrons. The van der Waals surface area contributed by atoms with Gasteiger partial charge in [0, 0.05) is 10.6 Å². The van der Waals surface area contributed by atoms with Gasteiger partial charge in [0.05, 0.1) is 11.8 Å². The van der Waals surface area contributed by atoms with E-state index in [0.717, 1.165) is 5.69 Å². The molecule has 114 valence electrons. The molecule has 1 heterocycles. The van der Waals surface area contributed by atoms with E-state index in [9.17, 15) is 8.42 Å². The van der Waals surface area contributed by atoms with Gasteiger partial charge >= 0.3 is 0 Å². The minimum atomic E-state index is -3.48. The van der Waals surface area contributed by atoms with Gasteiger partial charge in [0.25, 0.3) is 0 Å². The third kappa shape index (κ3) is 4.84. The third-order valence-corrected chi connectivity index (χ3v) is 4.85. The minimum absolute atomic E-state index is 0.133. The molecule has 0 saturated carbocycles. The van der Waals surface area contributed by atoms with Crippen LogP contribution in [-0.2, 0) is 15.8 Å². The third-order valence-electron chi connectivity index (χ3n) is 3.16. The Labute approximate surface area is 130 Å². The van der Waals surface area contributed by atoms with Crippen LogP contribution in [0.5, 0.6) is 0 Å². The molecule has 2 rings (SSSR count). The molecule has 1 aromatic heterocycles. The fourth-order valence-electron chi connectivity index (χ4n) is 2.14. The summed E-state index contributed by atoms with van der Waals surface area (Å²) in [6.45, 7) is 4.35. The first-order valence-electron chi connectivity index (χ1n) is 6.74. The summed E-state index contributed by atoms with van der Waals surface area (Å²) in [5, 5.41) is 10.6. The molecule has 6 heteroatoms. The zero-order valence-electron chi connectivity index (χ0n) is 12.1. The first-order chi connectivity index (χ1) is 9.85. The summed E-state index contributed by atoms with van der Waals surface area (Å²) in [7, 11) is -3.48. The first-order valence-corrected chi connectivity index (χ1v) is 9.34. The molecular weight excluding hydrogens is 304 g/mol. The summed E-state index contributed by atoms with van der Waals surface area (Å²) in [6.07, 6.45) is 0. The van der Waals surface area contributed by atoms with E-state index in [1.54, 1.807) is 23.5 Å². The standard InChI is InChI=1S/C15H20N2O2S2/c1-11(2)15(14-4-3-9-20-14)17-13-7-5-12(6-8-13)10-21(16,18)19/h3-9,11,15,17H,10H2,1-2H3,(H2,16,18,19). The van der Waals surface area contributed by atoms with Crippen molar-refractivity contribution in [1.29, 1.82) is 0 Å². The number of hydrogen-bond donors (Lipinski definition) is 2. The molecule has 0 bridgehead atoms. The summed E-state index contributed by atoms with van der Waals surface area (Å²) in [6, 6.07) is 11.8. The van der Waals surface area contributed by atoms with Crippen LogP contribution in [0, 0.1) is 5.92 Å². The second-order valence-electron chi connectivity index (χ2n) is 5.39. The maximum Gasteiger partial charge on any atom is 0.213 e. The lowest BCUT2D eigenvalue weighted by Gasteiger charge is -2.22. The van der Waals surface area contributed by atoms with E-state index in [-0.39, 0.29) is 11.8 Å². The van der Waals surface area contributed by atoms with Crippen LogP contribution in [0.15, 0.2) is 41.8 Å². The highest BCUT2D eigenvalue weighted by Crippen LogP contribution is 2.29. The number of primary sulfonamides is 1. The maximum atomic E-state index is 11.1. The van der Waals surface area contributed by atoms with Crippen LogP contribution in [0.4, 0.5) is 5.69 Å². The zero-order valence-corrected chi connectivity index (χ0v) is 13.7. The normalized spacial score (nSPS) is 13.3. The van der Waals surface area contributed by atoms with Crippen LogP contribution in [0.1, 0.15) is 30.3 Å². The number of sulfonamides is 1. The Kier molecular flexibility index (Phi) is 5.03. The summed E-state index contributed by atoms with van der Waals surface area (Å²) in [5.74, 6) is 0.318. The van der Waals surface area contributed by atoms with Crippen molar-refractivity contribution in [2.75, 3.05) is 5.32 Å². The van der Waals surface area contributed by atoms with Gasteiger partial charge in [-0.05, 0) is 35.1 Å². The number of hydrogen-bond acceptors (Lipinski definition) is 4. The van der Waals surface area contributed by atoms with Gasteiger partial charge in [-0.15, -0.1) is 11.3 Å². The number of anilines is 1. The van der Waals surface area contributed by atoms with Crippen molar-refractivity contribution < 1.29 is 8.42 Å². The SMILES string of the molecule is CC(C)C(Nc1ccc(CS(N)(=O)=O)cc1)c1cccs1. The van der Waals surface area contributed by atoms with Gasteiger partial charge in [-0.3, -0.25) is 0 Å². The van der Waals surface area contributed by atoms with Crippen molar-refractivity contribution in [3.8, 4) is 0 Å². The second-order valence-corrected chi connectivity index (χ2v) is 7.98. The molecule has 0 fully saturated rings. The molecule has 0 aliphatic heterocycles. The van der Waals surface area contributed by atoms with E-state index < -0.39 is 10.0 Å². The molecule has 2 aromatic rings. The predicted molar refractivity (Wildman–Crippen MR) is 88.8 cm³/mol. The zero-order chi connectivity index (χ0) is 15.5. The molecule has 0 aliphatic carbocycles. The van der Waals surface area contributed by atoms with Crippen LogP contribution in [-0.4, -0.2) is 8.42 Å². The summed E-state index contributed by atoms with van der Waals surface area (Å²) in [5.41, 5.74) is 1.67. The smallest absolute Gasteiger partial charge is 0.213 e. The monoisotopic (exact) mass is 324 g/mol. The molecular formula is C15H20N2O2S2. The molecule has 4 nitrogen and oxygen atoms in total. The average Bonchev–Trinajstić information content (AvgIpc) is 2.89.